The Morgan fingerprint density at radius 2 is 2.11 bits per heavy atom. The number of nitrogen functional groups attached to an aromatic ring is 1. The van der Waals surface area contributed by atoms with Crippen molar-refractivity contribution in [2.45, 2.75) is 20.5 Å². The van der Waals surface area contributed by atoms with Crippen LogP contribution in [0.3, 0.4) is 0 Å². The van der Waals surface area contributed by atoms with Gasteiger partial charge in [-0.3, -0.25) is 0 Å². The van der Waals surface area contributed by atoms with E-state index < -0.39 is 0 Å². The van der Waals surface area contributed by atoms with Gasteiger partial charge in [-0.15, -0.1) is 0 Å². The Morgan fingerprint density at radius 1 is 1.33 bits per heavy atom. The van der Waals surface area contributed by atoms with Crippen molar-refractivity contribution >= 4 is 11.6 Å². The van der Waals surface area contributed by atoms with E-state index in [1.807, 2.05) is 6.92 Å². The first-order chi connectivity index (χ1) is 8.71. The highest BCUT2D eigenvalue weighted by Crippen LogP contribution is 2.14. The van der Waals surface area contributed by atoms with E-state index in [4.69, 9.17) is 15.2 Å². The Balaban J connectivity index is 2.77. The van der Waals surface area contributed by atoms with Crippen molar-refractivity contribution in [3.05, 3.63) is 11.9 Å². The van der Waals surface area contributed by atoms with Crippen LogP contribution in [0.5, 0.6) is 0 Å². The van der Waals surface area contributed by atoms with E-state index in [1.54, 1.807) is 13.2 Å². The fourth-order valence-electron chi connectivity index (χ4n) is 1.61. The lowest BCUT2D eigenvalue weighted by molar-refractivity contribution is 0.154. The Morgan fingerprint density at radius 3 is 2.72 bits per heavy atom. The minimum absolute atomic E-state index is 0.362. The molecule has 0 saturated carbocycles. The molecule has 0 radical (unpaired) electrons. The zero-order valence-corrected chi connectivity index (χ0v) is 11.3. The van der Waals surface area contributed by atoms with Gasteiger partial charge >= 0.3 is 0 Å². The molecule has 2 N–H and O–H groups in total. The topological polar surface area (TPSA) is 73.5 Å². The van der Waals surface area contributed by atoms with Crippen molar-refractivity contribution < 1.29 is 9.47 Å². The number of ether oxygens (including phenoxy) is 2. The highest BCUT2D eigenvalue weighted by Gasteiger charge is 2.09. The minimum atomic E-state index is 0.362. The second-order valence-corrected chi connectivity index (χ2v) is 3.78. The lowest BCUT2D eigenvalue weighted by Crippen LogP contribution is -2.28. The van der Waals surface area contributed by atoms with Crippen molar-refractivity contribution in [2.24, 2.45) is 0 Å². The third-order valence-corrected chi connectivity index (χ3v) is 2.47. The molecule has 6 heteroatoms. The zero-order valence-electron chi connectivity index (χ0n) is 11.3. The van der Waals surface area contributed by atoms with Crippen molar-refractivity contribution in [3.63, 3.8) is 0 Å². The number of aromatic nitrogens is 2. The average Bonchev–Trinajstić information content (AvgIpc) is 2.34. The van der Waals surface area contributed by atoms with Crippen LogP contribution < -0.4 is 10.6 Å². The van der Waals surface area contributed by atoms with Crippen molar-refractivity contribution in [1.82, 2.24) is 9.97 Å². The van der Waals surface area contributed by atoms with Crippen LogP contribution in [0.15, 0.2) is 6.07 Å². The van der Waals surface area contributed by atoms with Crippen LogP contribution in [-0.2, 0) is 16.1 Å². The third kappa shape index (κ3) is 4.46. The lowest BCUT2D eigenvalue weighted by atomic mass is 10.4. The van der Waals surface area contributed by atoms with E-state index in [9.17, 15) is 0 Å². The van der Waals surface area contributed by atoms with Gasteiger partial charge in [-0.1, -0.05) is 0 Å². The molecule has 0 fully saturated rings. The summed E-state index contributed by atoms with van der Waals surface area (Å²) in [6, 6.07) is 1.77. The largest absolute Gasteiger partial charge is 0.384 e. The number of rotatable bonds is 8. The van der Waals surface area contributed by atoms with Gasteiger partial charge in [0.2, 0.25) is 0 Å². The summed E-state index contributed by atoms with van der Waals surface area (Å²) in [5.41, 5.74) is 5.77. The number of hydrogen-bond donors (Lipinski definition) is 1. The molecule has 18 heavy (non-hydrogen) atoms. The Labute approximate surface area is 108 Å². The number of likely N-dealkylation sites (N-methyl/N-ethyl adjacent to an activating group) is 1. The number of anilines is 2. The molecule has 1 rings (SSSR count). The second-order valence-electron chi connectivity index (χ2n) is 3.78. The van der Waals surface area contributed by atoms with Crippen molar-refractivity contribution in [1.29, 1.82) is 0 Å². The van der Waals surface area contributed by atoms with Crippen LogP contribution in [-0.4, -0.2) is 43.4 Å². The van der Waals surface area contributed by atoms with Gasteiger partial charge in [0.05, 0.1) is 6.61 Å². The highest BCUT2D eigenvalue weighted by atomic mass is 16.5. The van der Waals surface area contributed by atoms with E-state index >= 15 is 0 Å². The van der Waals surface area contributed by atoms with Crippen LogP contribution >= 0.6 is 0 Å². The van der Waals surface area contributed by atoms with E-state index in [0.717, 1.165) is 25.5 Å². The van der Waals surface area contributed by atoms with Crippen LogP contribution in [0, 0.1) is 0 Å². The zero-order chi connectivity index (χ0) is 13.4. The van der Waals surface area contributed by atoms with E-state index in [-0.39, 0.29) is 0 Å². The molecule has 0 saturated heterocycles. The minimum Gasteiger partial charge on any atom is -0.384 e. The summed E-state index contributed by atoms with van der Waals surface area (Å²) in [6.45, 7) is 7.44. The second kappa shape index (κ2) is 7.84. The molecule has 0 aliphatic rings. The standard InChI is InChI=1S/C12H22N4O2/c1-4-16(6-7-18-5-2)12-8-10(13)14-11(15-12)9-17-3/h8H,4-7,9H2,1-3H3,(H2,13,14,15). The molecule has 0 atom stereocenters. The van der Waals surface area contributed by atoms with Crippen LogP contribution in [0.4, 0.5) is 11.6 Å². The highest BCUT2D eigenvalue weighted by molar-refractivity contribution is 5.46. The van der Waals surface area contributed by atoms with Gasteiger partial charge in [0, 0.05) is 32.9 Å². The fraction of sp³-hybridized carbons (Fsp3) is 0.667. The first-order valence-electron chi connectivity index (χ1n) is 6.16. The predicted molar refractivity (Wildman–Crippen MR) is 71.5 cm³/mol. The van der Waals surface area contributed by atoms with Gasteiger partial charge < -0.3 is 20.1 Å². The molecule has 102 valence electrons. The summed E-state index contributed by atoms with van der Waals surface area (Å²) >= 11 is 0. The lowest BCUT2D eigenvalue weighted by Gasteiger charge is -2.22. The van der Waals surface area contributed by atoms with E-state index in [2.05, 4.69) is 21.8 Å². The maximum atomic E-state index is 5.77. The van der Waals surface area contributed by atoms with Crippen molar-refractivity contribution in [2.75, 3.05) is 44.0 Å². The van der Waals surface area contributed by atoms with Gasteiger partial charge in [0.1, 0.15) is 18.2 Å². The van der Waals surface area contributed by atoms with Gasteiger partial charge in [0.15, 0.2) is 5.82 Å². The quantitative estimate of drug-likeness (QED) is 0.699. The molecule has 6 nitrogen and oxygen atoms in total. The Kier molecular flexibility index (Phi) is 6.38. The van der Waals surface area contributed by atoms with Crippen LogP contribution in [0.1, 0.15) is 19.7 Å². The van der Waals surface area contributed by atoms with Gasteiger partial charge in [0.25, 0.3) is 0 Å². The molecule has 0 aromatic carbocycles. The summed E-state index contributed by atoms with van der Waals surface area (Å²) < 4.78 is 10.4. The molecule has 0 spiro atoms. The molecular weight excluding hydrogens is 232 g/mol. The number of hydrogen-bond acceptors (Lipinski definition) is 6. The maximum Gasteiger partial charge on any atom is 0.158 e. The molecule has 1 heterocycles. The third-order valence-electron chi connectivity index (χ3n) is 2.47. The van der Waals surface area contributed by atoms with Crippen LogP contribution in [0.2, 0.25) is 0 Å². The smallest absolute Gasteiger partial charge is 0.158 e. The number of nitrogens with zero attached hydrogens (tertiary/aromatic N) is 3. The first-order valence-corrected chi connectivity index (χ1v) is 6.16. The maximum absolute atomic E-state index is 5.77. The molecule has 1 aromatic rings. The Hall–Kier alpha value is -1.40. The summed E-state index contributed by atoms with van der Waals surface area (Å²) in [5, 5.41) is 0. The fourth-order valence-corrected chi connectivity index (χ4v) is 1.61. The molecule has 1 aromatic heterocycles. The van der Waals surface area contributed by atoms with E-state index in [0.29, 0.717) is 24.9 Å². The first kappa shape index (κ1) is 14.7. The van der Waals surface area contributed by atoms with Gasteiger partial charge in [-0.05, 0) is 13.8 Å². The molecule has 0 aliphatic heterocycles. The Bertz CT molecular complexity index is 360. The van der Waals surface area contributed by atoms with Gasteiger partial charge in [-0.25, -0.2) is 9.97 Å². The normalized spacial score (nSPS) is 10.6. The van der Waals surface area contributed by atoms with E-state index in [1.165, 1.54) is 0 Å². The number of nitrogens with two attached hydrogens (primary N) is 1. The number of methoxy groups -OCH3 is 1. The average molecular weight is 254 g/mol. The SMILES string of the molecule is CCOCCN(CC)c1cc(N)nc(COC)n1. The van der Waals surface area contributed by atoms with Gasteiger partial charge in [-0.2, -0.15) is 0 Å². The molecule has 0 bridgehead atoms. The molecule has 0 unspecified atom stereocenters. The summed E-state index contributed by atoms with van der Waals surface area (Å²) in [6.07, 6.45) is 0. The van der Waals surface area contributed by atoms with Crippen LogP contribution in [0.25, 0.3) is 0 Å². The molecular formula is C12H22N4O2. The summed E-state index contributed by atoms with van der Waals surface area (Å²) in [4.78, 5) is 10.7. The predicted octanol–water partition coefficient (Wildman–Crippen LogP) is 1.07. The molecule has 0 aliphatic carbocycles. The monoisotopic (exact) mass is 254 g/mol. The van der Waals surface area contributed by atoms with Crippen molar-refractivity contribution in [3.8, 4) is 0 Å². The summed E-state index contributed by atoms with van der Waals surface area (Å²) in [5.74, 6) is 1.88. The summed E-state index contributed by atoms with van der Waals surface area (Å²) in [7, 11) is 1.61. The molecule has 0 amide bonds.